The Morgan fingerprint density at radius 2 is 2.15 bits per heavy atom. The molecule has 0 radical (unpaired) electrons. The standard InChI is InChI=1S/C9H12O4/c1-4-7-6(5-10)8(11)13-9(2,3)12-7/h4,10H,1,5H2,2-3H3. The number of hydrogen-bond acceptors (Lipinski definition) is 4. The molecule has 0 saturated carbocycles. The van der Waals surface area contributed by atoms with E-state index in [1.165, 1.54) is 6.08 Å². The number of cyclic esters (lactones) is 1. The summed E-state index contributed by atoms with van der Waals surface area (Å²) in [4.78, 5) is 11.2. The van der Waals surface area contributed by atoms with Crippen molar-refractivity contribution in [1.29, 1.82) is 0 Å². The summed E-state index contributed by atoms with van der Waals surface area (Å²) in [5.74, 6) is -1.27. The summed E-state index contributed by atoms with van der Waals surface area (Å²) in [6.07, 6.45) is 1.38. The SMILES string of the molecule is C=CC1=C(CO)C(=O)OC(C)(C)O1. The Bertz CT molecular complexity index is 275. The predicted molar refractivity (Wildman–Crippen MR) is 45.6 cm³/mol. The van der Waals surface area contributed by atoms with Crippen molar-refractivity contribution in [3.8, 4) is 0 Å². The van der Waals surface area contributed by atoms with Crippen LogP contribution in [0.2, 0.25) is 0 Å². The molecule has 0 aliphatic carbocycles. The van der Waals surface area contributed by atoms with Crippen molar-refractivity contribution in [2.24, 2.45) is 0 Å². The van der Waals surface area contributed by atoms with Crippen LogP contribution < -0.4 is 0 Å². The van der Waals surface area contributed by atoms with Crippen LogP contribution in [-0.4, -0.2) is 23.5 Å². The number of rotatable bonds is 2. The summed E-state index contributed by atoms with van der Waals surface area (Å²) >= 11 is 0. The van der Waals surface area contributed by atoms with Gasteiger partial charge in [-0.15, -0.1) is 0 Å². The fourth-order valence-corrected chi connectivity index (χ4v) is 1.04. The molecule has 1 aliphatic rings. The van der Waals surface area contributed by atoms with Crippen molar-refractivity contribution in [2.45, 2.75) is 19.6 Å². The summed E-state index contributed by atoms with van der Waals surface area (Å²) in [7, 11) is 0. The molecule has 0 spiro atoms. The van der Waals surface area contributed by atoms with Crippen LogP contribution in [-0.2, 0) is 14.3 Å². The Morgan fingerprint density at radius 3 is 2.62 bits per heavy atom. The molecule has 0 atom stereocenters. The van der Waals surface area contributed by atoms with E-state index >= 15 is 0 Å². The molecule has 1 aliphatic heterocycles. The highest BCUT2D eigenvalue weighted by Gasteiger charge is 2.34. The average Bonchev–Trinajstić information content (AvgIpc) is 2.01. The molecule has 1 N–H and O–H groups in total. The van der Waals surface area contributed by atoms with Gasteiger partial charge in [-0.05, 0) is 6.08 Å². The number of esters is 1. The van der Waals surface area contributed by atoms with Gasteiger partial charge in [-0.1, -0.05) is 6.58 Å². The zero-order valence-corrected chi connectivity index (χ0v) is 7.66. The third kappa shape index (κ3) is 1.89. The highest BCUT2D eigenvalue weighted by molar-refractivity contribution is 5.90. The molecule has 13 heavy (non-hydrogen) atoms. The minimum atomic E-state index is -0.987. The summed E-state index contributed by atoms with van der Waals surface area (Å²) in [6.45, 7) is 6.30. The first-order chi connectivity index (χ1) is 6.00. The molecule has 0 bridgehead atoms. The normalized spacial score (nSPS) is 20.7. The van der Waals surface area contributed by atoms with Gasteiger partial charge in [0.2, 0.25) is 5.79 Å². The van der Waals surface area contributed by atoms with Crippen LogP contribution in [0.15, 0.2) is 24.0 Å². The second-order valence-corrected chi connectivity index (χ2v) is 3.10. The zero-order valence-electron chi connectivity index (χ0n) is 7.66. The van der Waals surface area contributed by atoms with Gasteiger partial charge in [0.15, 0.2) is 0 Å². The predicted octanol–water partition coefficient (Wildman–Crippen LogP) is 0.728. The Morgan fingerprint density at radius 1 is 1.54 bits per heavy atom. The highest BCUT2D eigenvalue weighted by atomic mass is 16.7. The molecule has 1 rings (SSSR count). The van der Waals surface area contributed by atoms with Gasteiger partial charge in [0, 0.05) is 13.8 Å². The van der Waals surface area contributed by atoms with Crippen molar-refractivity contribution in [3.05, 3.63) is 24.0 Å². The van der Waals surface area contributed by atoms with Crippen molar-refractivity contribution < 1.29 is 19.4 Å². The second-order valence-electron chi connectivity index (χ2n) is 3.10. The average molecular weight is 184 g/mol. The molecule has 0 aromatic heterocycles. The van der Waals surface area contributed by atoms with E-state index in [0.717, 1.165) is 0 Å². The van der Waals surface area contributed by atoms with Crippen molar-refractivity contribution in [3.63, 3.8) is 0 Å². The Hall–Kier alpha value is -1.29. The molecule has 1 heterocycles. The molecular formula is C9H12O4. The number of aliphatic hydroxyl groups is 1. The van der Waals surface area contributed by atoms with Gasteiger partial charge < -0.3 is 14.6 Å². The molecule has 0 amide bonds. The number of allylic oxidation sites excluding steroid dienone is 1. The quantitative estimate of drug-likeness (QED) is 0.643. The minimum absolute atomic E-state index is 0.106. The third-order valence-electron chi connectivity index (χ3n) is 1.58. The van der Waals surface area contributed by atoms with E-state index in [2.05, 4.69) is 6.58 Å². The van der Waals surface area contributed by atoms with Gasteiger partial charge >= 0.3 is 5.97 Å². The molecule has 0 saturated heterocycles. The largest absolute Gasteiger partial charge is 0.452 e. The molecule has 72 valence electrons. The van der Waals surface area contributed by atoms with Crippen LogP contribution in [0.4, 0.5) is 0 Å². The smallest absolute Gasteiger partial charge is 0.343 e. The number of carbonyl (C=O) groups excluding carboxylic acids is 1. The van der Waals surface area contributed by atoms with E-state index in [0.29, 0.717) is 0 Å². The van der Waals surface area contributed by atoms with E-state index in [9.17, 15) is 4.79 Å². The fourth-order valence-electron chi connectivity index (χ4n) is 1.04. The van der Waals surface area contributed by atoms with Crippen LogP contribution in [0, 0.1) is 0 Å². The lowest BCUT2D eigenvalue weighted by atomic mass is 10.2. The van der Waals surface area contributed by atoms with Gasteiger partial charge in [0.1, 0.15) is 11.3 Å². The maximum atomic E-state index is 11.2. The Kier molecular flexibility index (Phi) is 2.43. The number of hydrogen-bond donors (Lipinski definition) is 1. The number of carbonyl (C=O) groups is 1. The van der Waals surface area contributed by atoms with E-state index < -0.39 is 18.4 Å². The molecule has 4 nitrogen and oxygen atoms in total. The van der Waals surface area contributed by atoms with Gasteiger partial charge in [-0.25, -0.2) is 4.79 Å². The van der Waals surface area contributed by atoms with Crippen LogP contribution >= 0.6 is 0 Å². The molecule has 0 aromatic carbocycles. The molecule has 0 aromatic rings. The Labute approximate surface area is 76.5 Å². The molecular weight excluding hydrogens is 172 g/mol. The molecule has 0 fully saturated rings. The number of ether oxygens (including phenoxy) is 2. The minimum Gasteiger partial charge on any atom is -0.452 e. The highest BCUT2D eigenvalue weighted by Crippen LogP contribution is 2.26. The van der Waals surface area contributed by atoms with Crippen LogP contribution in [0.1, 0.15) is 13.8 Å². The van der Waals surface area contributed by atoms with Crippen LogP contribution in [0.3, 0.4) is 0 Å². The van der Waals surface area contributed by atoms with Crippen molar-refractivity contribution in [1.82, 2.24) is 0 Å². The van der Waals surface area contributed by atoms with Gasteiger partial charge in [-0.2, -0.15) is 0 Å². The maximum absolute atomic E-state index is 11.2. The van der Waals surface area contributed by atoms with Gasteiger partial charge in [-0.3, -0.25) is 0 Å². The number of aliphatic hydroxyl groups excluding tert-OH is 1. The van der Waals surface area contributed by atoms with Crippen molar-refractivity contribution >= 4 is 5.97 Å². The summed E-state index contributed by atoms with van der Waals surface area (Å²) in [5.41, 5.74) is 0.106. The second kappa shape index (κ2) is 3.22. The first kappa shape index (κ1) is 9.80. The van der Waals surface area contributed by atoms with Crippen LogP contribution in [0.25, 0.3) is 0 Å². The van der Waals surface area contributed by atoms with Crippen LogP contribution in [0.5, 0.6) is 0 Å². The molecule has 4 heteroatoms. The van der Waals surface area contributed by atoms with E-state index in [1.54, 1.807) is 13.8 Å². The van der Waals surface area contributed by atoms with Gasteiger partial charge in [0.05, 0.1) is 6.61 Å². The van der Waals surface area contributed by atoms with E-state index in [4.69, 9.17) is 14.6 Å². The van der Waals surface area contributed by atoms with Gasteiger partial charge in [0.25, 0.3) is 0 Å². The van der Waals surface area contributed by atoms with Crippen molar-refractivity contribution in [2.75, 3.05) is 6.61 Å². The Balaban J connectivity index is 3.06. The van der Waals surface area contributed by atoms with E-state index in [-0.39, 0.29) is 11.3 Å². The fraction of sp³-hybridized carbons (Fsp3) is 0.444. The molecule has 0 unspecified atom stereocenters. The lowest BCUT2D eigenvalue weighted by molar-refractivity contribution is -0.206. The summed E-state index contributed by atoms with van der Waals surface area (Å²) < 4.78 is 10.1. The lowest BCUT2D eigenvalue weighted by Crippen LogP contribution is -2.37. The lowest BCUT2D eigenvalue weighted by Gasteiger charge is -2.31. The summed E-state index contributed by atoms with van der Waals surface area (Å²) in [5, 5.41) is 8.85. The first-order valence-electron chi connectivity index (χ1n) is 3.89. The zero-order chi connectivity index (χ0) is 10.1. The summed E-state index contributed by atoms with van der Waals surface area (Å²) in [6, 6.07) is 0. The topological polar surface area (TPSA) is 55.8 Å². The monoisotopic (exact) mass is 184 g/mol. The first-order valence-corrected chi connectivity index (χ1v) is 3.89. The maximum Gasteiger partial charge on any atom is 0.343 e. The van der Waals surface area contributed by atoms with E-state index in [1.807, 2.05) is 0 Å². The third-order valence-corrected chi connectivity index (χ3v) is 1.58.